The largest absolute Gasteiger partial charge is 0.309 e. The summed E-state index contributed by atoms with van der Waals surface area (Å²) in [6.07, 6.45) is 0. The molecule has 0 bridgehead atoms. The van der Waals surface area contributed by atoms with Gasteiger partial charge in [-0.3, -0.25) is 0 Å². The van der Waals surface area contributed by atoms with Gasteiger partial charge in [0.25, 0.3) is 0 Å². The Kier molecular flexibility index (Phi) is 5.85. The van der Waals surface area contributed by atoms with Crippen LogP contribution in [0.15, 0.2) is 170 Å². The van der Waals surface area contributed by atoms with Crippen LogP contribution >= 0.6 is 0 Å². The molecule has 0 aliphatic carbocycles. The molecule has 2 heteroatoms. The predicted octanol–water partition coefficient (Wildman–Crippen LogP) is 11.5. The maximum Gasteiger partial charge on any atom is 0.0722 e. The first-order valence-electron chi connectivity index (χ1n) is 15.4. The number of benzene rings is 7. The maximum absolute atomic E-state index is 5.17. The molecule has 0 fully saturated rings. The Morgan fingerprint density at radius 1 is 0.400 bits per heavy atom. The zero-order valence-corrected chi connectivity index (χ0v) is 24.6. The molecule has 0 saturated heterocycles. The third-order valence-electron chi connectivity index (χ3n) is 9.00. The molecule has 0 N–H and O–H groups in total. The highest BCUT2D eigenvalue weighted by molar-refractivity contribution is 6.14. The smallest absolute Gasteiger partial charge is 0.0722 e. The van der Waals surface area contributed by atoms with E-state index in [4.69, 9.17) is 4.98 Å². The van der Waals surface area contributed by atoms with Gasteiger partial charge in [-0.05, 0) is 69.4 Å². The molecule has 0 amide bonds. The molecule has 0 radical (unpaired) electrons. The third-order valence-corrected chi connectivity index (χ3v) is 9.00. The highest BCUT2D eigenvalue weighted by Gasteiger charge is 2.14. The van der Waals surface area contributed by atoms with Gasteiger partial charge in [-0.2, -0.15) is 0 Å². The quantitative estimate of drug-likeness (QED) is 0.192. The van der Waals surface area contributed by atoms with E-state index < -0.39 is 0 Å². The van der Waals surface area contributed by atoms with Crippen LogP contribution in [-0.4, -0.2) is 9.55 Å². The predicted molar refractivity (Wildman–Crippen MR) is 190 cm³/mol. The monoisotopic (exact) mass is 572 g/mol. The molecule has 2 aromatic heterocycles. The highest BCUT2D eigenvalue weighted by atomic mass is 15.0. The number of aromatic nitrogens is 2. The van der Waals surface area contributed by atoms with Crippen LogP contribution in [0.3, 0.4) is 0 Å². The maximum atomic E-state index is 5.17. The van der Waals surface area contributed by atoms with Crippen LogP contribution in [0.25, 0.3) is 82.7 Å². The standard InChI is InChI=1S/C43H28N2/c1-2-10-31(11-3-1)38-28-40(44-39-27-24-32-12-4-5-13-35(32)43(38)39)33-20-18-29(19-21-33)30-22-25-34(26-23-30)45-41-16-8-6-14-36(41)37-15-7-9-17-42(37)45/h1-28H. The fourth-order valence-electron chi connectivity index (χ4n) is 6.84. The minimum Gasteiger partial charge on any atom is -0.309 e. The molecule has 45 heavy (non-hydrogen) atoms. The second kappa shape index (κ2) is 10.3. The van der Waals surface area contributed by atoms with Crippen molar-refractivity contribution >= 4 is 43.5 Å². The van der Waals surface area contributed by atoms with E-state index in [-0.39, 0.29) is 0 Å². The van der Waals surface area contributed by atoms with Crippen molar-refractivity contribution in [2.24, 2.45) is 0 Å². The average Bonchev–Trinajstić information content (AvgIpc) is 3.46. The number of hydrogen-bond acceptors (Lipinski definition) is 1. The molecule has 0 spiro atoms. The lowest BCUT2D eigenvalue weighted by molar-refractivity contribution is 1.18. The van der Waals surface area contributed by atoms with Crippen molar-refractivity contribution in [2.45, 2.75) is 0 Å². The van der Waals surface area contributed by atoms with Crippen LogP contribution in [0.4, 0.5) is 0 Å². The van der Waals surface area contributed by atoms with Gasteiger partial charge >= 0.3 is 0 Å². The van der Waals surface area contributed by atoms with Crippen LogP contribution in [0.1, 0.15) is 0 Å². The van der Waals surface area contributed by atoms with E-state index in [2.05, 4.69) is 174 Å². The first-order valence-corrected chi connectivity index (χ1v) is 15.4. The van der Waals surface area contributed by atoms with Crippen molar-refractivity contribution in [1.29, 1.82) is 0 Å². The van der Waals surface area contributed by atoms with E-state index in [9.17, 15) is 0 Å². The van der Waals surface area contributed by atoms with Crippen LogP contribution in [0.2, 0.25) is 0 Å². The summed E-state index contributed by atoms with van der Waals surface area (Å²) < 4.78 is 2.36. The molecule has 2 heterocycles. The number of fused-ring (bicyclic) bond motifs is 6. The van der Waals surface area contributed by atoms with E-state index in [1.54, 1.807) is 0 Å². The lowest BCUT2D eigenvalue weighted by Crippen LogP contribution is -1.93. The summed E-state index contributed by atoms with van der Waals surface area (Å²) in [5, 5.41) is 6.21. The van der Waals surface area contributed by atoms with E-state index in [0.29, 0.717) is 0 Å². The van der Waals surface area contributed by atoms with Gasteiger partial charge in [0.05, 0.1) is 22.2 Å². The van der Waals surface area contributed by atoms with Gasteiger partial charge in [-0.25, -0.2) is 4.98 Å². The summed E-state index contributed by atoms with van der Waals surface area (Å²) in [6.45, 7) is 0. The average molecular weight is 573 g/mol. The zero-order chi connectivity index (χ0) is 29.7. The first kappa shape index (κ1) is 25.5. The fraction of sp³-hybridized carbons (Fsp3) is 0. The van der Waals surface area contributed by atoms with Gasteiger partial charge < -0.3 is 4.57 Å². The lowest BCUT2D eigenvalue weighted by Gasteiger charge is -2.13. The molecule has 9 rings (SSSR count). The summed E-state index contributed by atoms with van der Waals surface area (Å²) >= 11 is 0. The molecular weight excluding hydrogens is 544 g/mol. The highest BCUT2D eigenvalue weighted by Crippen LogP contribution is 2.37. The lowest BCUT2D eigenvalue weighted by atomic mass is 9.94. The van der Waals surface area contributed by atoms with Crippen molar-refractivity contribution < 1.29 is 0 Å². The fourth-order valence-corrected chi connectivity index (χ4v) is 6.84. The topological polar surface area (TPSA) is 17.8 Å². The van der Waals surface area contributed by atoms with Gasteiger partial charge in [0.1, 0.15) is 0 Å². The first-order chi connectivity index (χ1) is 22.3. The van der Waals surface area contributed by atoms with Gasteiger partial charge in [0, 0.05) is 27.4 Å². The van der Waals surface area contributed by atoms with Crippen LogP contribution in [-0.2, 0) is 0 Å². The third kappa shape index (κ3) is 4.22. The second-order valence-electron chi connectivity index (χ2n) is 11.6. The molecule has 0 unspecified atom stereocenters. The van der Waals surface area contributed by atoms with Gasteiger partial charge in [0.15, 0.2) is 0 Å². The molecular formula is C43H28N2. The SMILES string of the molecule is c1ccc(-c2cc(-c3ccc(-c4ccc(-n5c6ccccc6c6ccccc65)cc4)cc3)nc3ccc4ccccc4c23)cc1. The van der Waals surface area contributed by atoms with E-state index in [1.165, 1.54) is 60.2 Å². The summed E-state index contributed by atoms with van der Waals surface area (Å²) in [5.74, 6) is 0. The molecule has 0 saturated carbocycles. The summed E-state index contributed by atoms with van der Waals surface area (Å²) in [5.41, 5.74) is 11.5. The number of pyridine rings is 1. The Bertz CT molecular complexity index is 2450. The number of rotatable bonds is 4. The minimum absolute atomic E-state index is 0.977. The van der Waals surface area contributed by atoms with Crippen LogP contribution in [0, 0.1) is 0 Å². The zero-order valence-electron chi connectivity index (χ0n) is 24.6. The Hall–Kier alpha value is -5.99. The molecule has 210 valence electrons. The van der Waals surface area contributed by atoms with Gasteiger partial charge in [-0.1, -0.05) is 133 Å². The normalized spacial score (nSPS) is 11.6. The van der Waals surface area contributed by atoms with E-state index >= 15 is 0 Å². The van der Waals surface area contributed by atoms with E-state index in [0.717, 1.165) is 22.5 Å². The van der Waals surface area contributed by atoms with Crippen molar-refractivity contribution in [3.8, 4) is 39.2 Å². The summed E-state index contributed by atoms with van der Waals surface area (Å²) in [7, 11) is 0. The van der Waals surface area contributed by atoms with Gasteiger partial charge in [-0.15, -0.1) is 0 Å². The van der Waals surface area contributed by atoms with Crippen molar-refractivity contribution in [1.82, 2.24) is 9.55 Å². The van der Waals surface area contributed by atoms with Gasteiger partial charge in [0.2, 0.25) is 0 Å². The molecule has 0 aliphatic heterocycles. The second-order valence-corrected chi connectivity index (χ2v) is 11.6. The van der Waals surface area contributed by atoms with Crippen LogP contribution < -0.4 is 0 Å². The summed E-state index contributed by atoms with van der Waals surface area (Å²) in [4.78, 5) is 5.17. The molecule has 2 nitrogen and oxygen atoms in total. The van der Waals surface area contributed by atoms with Crippen LogP contribution in [0.5, 0.6) is 0 Å². The molecule has 7 aromatic carbocycles. The Labute approximate surface area is 261 Å². The minimum atomic E-state index is 0.977. The van der Waals surface area contributed by atoms with Crippen molar-refractivity contribution in [3.05, 3.63) is 170 Å². The number of hydrogen-bond donors (Lipinski definition) is 0. The molecule has 9 aromatic rings. The van der Waals surface area contributed by atoms with E-state index in [1.807, 2.05) is 0 Å². The van der Waals surface area contributed by atoms with Crippen molar-refractivity contribution in [3.63, 3.8) is 0 Å². The number of nitrogens with zero attached hydrogens (tertiary/aromatic N) is 2. The summed E-state index contributed by atoms with van der Waals surface area (Å²) in [6, 6.07) is 60.8. The van der Waals surface area contributed by atoms with Crippen molar-refractivity contribution in [2.75, 3.05) is 0 Å². The Balaban J connectivity index is 1.10. The molecule has 0 aliphatic rings. The Morgan fingerprint density at radius 3 is 1.64 bits per heavy atom. The Morgan fingerprint density at radius 2 is 0.956 bits per heavy atom. The number of para-hydroxylation sites is 2. The molecule has 0 atom stereocenters.